The van der Waals surface area contributed by atoms with Crippen molar-refractivity contribution in [2.75, 3.05) is 12.8 Å². The van der Waals surface area contributed by atoms with E-state index < -0.39 is 14.6 Å². The largest absolute Gasteiger partial charge is 0.322 e. The second kappa shape index (κ2) is 3.09. The minimum absolute atomic E-state index is 0.155. The van der Waals surface area contributed by atoms with E-state index in [1.807, 2.05) is 0 Å². The maximum absolute atomic E-state index is 11.0. The van der Waals surface area contributed by atoms with Crippen LogP contribution in [0.1, 0.15) is 13.8 Å². The molecule has 0 aromatic carbocycles. The van der Waals surface area contributed by atoms with Gasteiger partial charge in [0, 0.05) is 12.8 Å². The van der Waals surface area contributed by atoms with Gasteiger partial charge in [-0.1, -0.05) is 0 Å². The predicted molar refractivity (Wildman–Crippen MR) is 42.5 cm³/mol. The molecule has 0 atom stereocenters. The molecule has 0 radical (unpaired) electrons. The van der Waals surface area contributed by atoms with Crippen molar-refractivity contribution >= 4 is 9.84 Å². The van der Waals surface area contributed by atoms with Gasteiger partial charge < -0.3 is 5.32 Å². The summed E-state index contributed by atoms with van der Waals surface area (Å²) in [5, 5.41) is 10.5. The first-order chi connectivity index (χ1) is 4.81. The lowest BCUT2D eigenvalue weighted by molar-refractivity contribution is 0.544. The van der Waals surface area contributed by atoms with Gasteiger partial charge in [-0.2, -0.15) is 5.26 Å². The Kier molecular flexibility index (Phi) is 2.88. The summed E-state index contributed by atoms with van der Waals surface area (Å²) in [5.41, 5.74) is 0. The lowest BCUT2D eigenvalue weighted by Crippen LogP contribution is -2.40. The van der Waals surface area contributed by atoms with Gasteiger partial charge in [0.2, 0.25) is 0 Å². The zero-order valence-corrected chi connectivity index (χ0v) is 7.70. The highest BCUT2D eigenvalue weighted by atomic mass is 32.2. The molecule has 0 heterocycles. The van der Waals surface area contributed by atoms with Crippen molar-refractivity contribution in [1.82, 2.24) is 5.32 Å². The summed E-state index contributed by atoms with van der Waals surface area (Å²) in [6, 6.07) is 0. The normalized spacial score (nSPS) is 12.2. The van der Waals surface area contributed by atoms with Crippen LogP contribution in [-0.2, 0) is 9.84 Å². The fourth-order valence-electron chi connectivity index (χ4n) is 0.383. The van der Waals surface area contributed by atoms with E-state index in [9.17, 15) is 8.42 Å². The van der Waals surface area contributed by atoms with E-state index in [1.165, 1.54) is 0 Å². The van der Waals surface area contributed by atoms with Gasteiger partial charge in [-0.3, -0.25) is 0 Å². The third kappa shape index (κ3) is 2.76. The van der Waals surface area contributed by atoms with Gasteiger partial charge in [-0.15, -0.1) is 0 Å². The molecule has 0 rings (SSSR count). The molecule has 0 fully saturated rings. The Morgan fingerprint density at radius 1 is 1.55 bits per heavy atom. The zero-order chi connectivity index (χ0) is 9.12. The molecule has 0 spiro atoms. The van der Waals surface area contributed by atoms with Gasteiger partial charge in [0.15, 0.2) is 16.0 Å². The quantitative estimate of drug-likeness (QED) is 0.481. The van der Waals surface area contributed by atoms with Gasteiger partial charge in [-0.25, -0.2) is 8.42 Å². The maximum Gasteiger partial charge on any atom is 0.176 e. The highest BCUT2D eigenvalue weighted by molar-refractivity contribution is 7.92. The Balaban J connectivity index is 4.39. The lowest BCUT2D eigenvalue weighted by atomic mass is 10.2. The Labute approximate surface area is 67.1 Å². The number of hydrogen-bond donors (Lipinski definition) is 1. The van der Waals surface area contributed by atoms with Crippen LogP contribution in [0.25, 0.3) is 0 Å². The second-order valence-electron chi connectivity index (χ2n) is 3.00. The molecule has 0 unspecified atom stereocenters. The van der Waals surface area contributed by atoms with E-state index in [4.69, 9.17) is 5.26 Å². The Morgan fingerprint density at radius 2 is 2.00 bits per heavy atom. The average molecular weight is 176 g/mol. The van der Waals surface area contributed by atoms with Crippen molar-refractivity contribution in [3.63, 3.8) is 0 Å². The highest BCUT2D eigenvalue weighted by Gasteiger charge is 2.29. The third-order valence-electron chi connectivity index (χ3n) is 1.60. The number of nitrogens with zero attached hydrogens (tertiary/aromatic N) is 1. The van der Waals surface area contributed by atoms with Crippen molar-refractivity contribution in [3.05, 3.63) is 0 Å². The van der Waals surface area contributed by atoms with Crippen LogP contribution in [0.3, 0.4) is 0 Å². The molecule has 0 aliphatic heterocycles. The van der Waals surface area contributed by atoms with Crippen molar-refractivity contribution in [3.8, 4) is 6.19 Å². The van der Waals surface area contributed by atoms with Crippen LogP contribution in [0.2, 0.25) is 0 Å². The van der Waals surface area contributed by atoms with Crippen LogP contribution < -0.4 is 5.32 Å². The summed E-state index contributed by atoms with van der Waals surface area (Å²) in [6.45, 7) is 3.31. The molecular weight excluding hydrogens is 164 g/mol. The summed E-state index contributed by atoms with van der Waals surface area (Å²) in [5.74, 6) is 0. The van der Waals surface area contributed by atoms with E-state index in [0.717, 1.165) is 6.26 Å². The minimum Gasteiger partial charge on any atom is -0.322 e. The van der Waals surface area contributed by atoms with Crippen LogP contribution in [0.15, 0.2) is 0 Å². The van der Waals surface area contributed by atoms with Gasteiger partial charge in [0.1, 0.15) is 0 Å². The smallest absolute Gasteiger partial charge is 0.176 e. The minimum atomic E-state index is -3.09. The summed E-state index contributed by atoms with van der Waals surface area (Å²) in [6.07, 6.45) is 2.84. The summed E-state index contributed by atoms with van der Waals surface area (Å²) < 4.78 is 21.1. The van der Waals surface area contributed by atoms with Crippen LogP contribution in [0.5, 0.6) is 0 Å². The first-order valence-corrected chi connectivity index (χ1v) is 5.02. The van der Waals surface area contributed by atoms with E-state index >= 15 is 0 Å². The number of nitriles is 1. The van der Waals surface area contributed by atoms with Crippen LogP contribution in [0, 0.1) is 11.5 Å². The van der Waals surface area contributed by atoms with Crippen LogP contribution in [-0.4, -0.2) is 26.0 Å². The molecule has 5 heteroatoms. The fraction of sp³-hybridized carbons (Fsp3) is 0.833. The molecule has 0 bridgehead atoms. The average Bonchev–Trinajstić information content (AvgIpc) is 1.81. The molecule has 0 aliphatic rings. The Hall–Kier alpha value is -0.760. The van der Waals surface area contributed by atoms with Crippen molar-refractivity contribution in [2.45, 2.75) is 18.6 Å². The molecular formula is C6H12N2O2S. The highest BCUT2D eigenvalue weighted by Crippen LogP contribution is 2.12. The molecule has 0 aliphatic carbocycles. The summed E-state index contributed by atoms with van der Waals surface area (Å²) >= 11 is 0. The van der Waals surface area contributed by atoms with Crippen molar-refractivity contribution < 1.29 is 8.42 Å². The second-order valence-corrected chi connectivity index (χ2v) is 5.65. The molecule has 0 aromatic heterocycles. The molecule has 64 valence electrons. The first-order valence-electron chi connectivity index (χ1n) is 3.13. The monoisotopic (exact) mass is 176 g/mol. The van der Waals surface area contributed by atoms with E-state index in [1.54, 1.807) is 20.0 Å². The molecule has 1 N–H and O–H groups in total. The van der Waals surface area contributed by atoms with E-state index in [-0.39, 0.29) is 6.54 Å². The molecule has 0 saturated heterocycles. The van der Waals surface area contributed by atoms with E-state index in [0.29, 0.717) is 0 Å². The summed E-state index contributed by atoms with van der Waals surface area (Å²) in [4.78, 5) is 0. The van der Waals surface area contributed by atoms with Gasteiger partial charge >= 0.3 is 0 Å². The Bertz CT molecular complexity index is 261. The molecule has 11 heavy (non-hydrogen) atoms. The summed E-state index contributed by atoms with van der Waals surface area (Å²) in [7, 11) is -3.09. The fourth-order valence-corrected chi connectivity index (χ4v) is 0.718. The lowest BCUT2D eigenvalue weighted by Gasteiger charge is -2.20. The number of rotatable bonds is 3. The third-order valence-corrected chi connectivity index (χ3v) is 3.75. The number of nitrogens with one attached hydrogen (secondary N) is 1. The molecule has 0 saturated carbocycles. The first kappa shape index (κ1) is 10.2. The van der Waals surface area contributed by atoms with Gasteiger partial charge in [-0.05, 0) is 13.8 Å². The standard InChI is InChI=1S/C6H12N2O2S/c1-6(2,4-8-5-7)11(3,9)10/h8H,4H2,1-3H3. The predicted octanol–water partition coefficient (Wildman–Crippen LogP) is -0.120. The molecule has 4 nitrogen and oxygen atoms in total. The Morgan fingerprint density at radius 3 is 2.27 bits per heavy atom. The van der Waals surface area contributed by atoms with Gasteiger partial charge in [0.25, 0.3) is 0 Å². The molecule has 0 aromatic rings. The molecule has 0 amide bonds. The van der Waals surface area contributed by atoms with Crippen molar-refractivity contribution in [1.29, 1.82) is 5.26 Å². The van der Waals surface area contributed by atoms with Crippen molar-refractivity contribution in [2.24, 2.45) is 0 Å². The SMILES string of the molecule is CC(C)(CNC#N)S(C)(=O)=O. The number of sulfone groups is 1. The van der Waals surface area contributed by atoms with E-state index in [2.05, 4.69) is 5.32 Å². The number of hydrogen-bond acceptors (Lipinski definition) is 4. The van der Waals surface area contributed by atoms with Gasteiger partial charge in [0.05, 0.1) is 4.75 Å². The van der Waals surface area contributed by atoms with Crippen LogP contribution >= 0.6 is 0 Å². The maximum atomic E-state index is 11.0. The zero-order valence-electron chi connectivity index (χ0n) is 6.88. The van der Waals surface area contributed by atoms with Crippen LogP contribution in [0.4, 0.5) is 0 Å². The topological polar surface area (TPSA) is 70.0 Å².